The van der Waals surface area contributed by atoms with E-state index in [1.165, 1.54) is 6.20 Å². The van der Waals surface area contributed by atoms with Gasteiger partial charge in [0.2, 0.25) is 9.47 Å². The highest BCUT2D eigenvalue weighted by atomic mass is 35.5. The van der Waals surface area contributed by atoms with Crippen LogP contribution in [0.3, 0.4) is 0 Å². The average molecular weight is 275 g/mol. The first-order valence-electron chi connectivity index (χ1n) is 4.07. The molecule has 0 atom stereocenters. The molecule has 0 spiro atoms. The molecule has 0 unspecified atom stereocenters. The van der Waals surface area contributed by atoms with E-state index in [2.05, 4.69) is 20.5 Å². The van der Waals surface area contributed by atoms with E-state index in [-0.39, 0.29) is 15.3 Å². The molecule has 0 aliphatic carbocycles. The first kappa shape index (κ1) is 11.3. The van der Waals surface area contributed by atoms with Crippen LogP contribution >= 0.6 is 34.5 Å². The highest BCUT2D eigenvalue weighted by Crippen LogP contribution is 2.20. The quantitative estimate of drug-likeness (QED) is 0.914. The third-order valence-electron chi connectivity index (χ3n) is 1.58. The predicted molar refractivity (Wildman–Crippen MR) is 62.1 cm³/mol. The summed E-state index contributed by atoms with van der Waals surface area (Å²) in [6, 6.07) is 3.29. The van der Waals surface area contributed by atoms with Crippen LogP contribution in [0.1, 0.15) is 9.80 Å². The number of pyridine rings is 1. The zero-order valence-corrected chi connectivity index (χ0v) is 9.97. The Morgan fingerprint density at radius 1 is 1.38 bits per heavy atom. The predicted octanol–water partition coefficient (Wildman–Crippen LogP) is 2.49. The second-order valence-electron chi connectivity index (χ2n) is 2.65. The Morgan fingerprint density at radius 2 is 2.19 bits per heavy atom. The average Bonchev–Trinajstić information content (AvgIpc) is 2.68. The molecule has 2 heterocycles. The monoisotopic (exact) mass is 274 g/mol. The standard InChI is InChI=1S/C8H4Cl2N4OS/c9-4-2-1-3-11-5(4)12-6(15)7-13-14-8(10)16-7/h1-3H,(H,11,12,15). The van der Waals surface area contributed by atoms with Crippen molar-refractivity contribution in [3.05, 3.63) is 32.8 Å². The zero-order valence-electron chi connectivity index (χ0n) is 7.65. The van der Waals surface area contributed by atoms with Gasteiger partial charge in [-0.3, -0.25) is 4.79 Å². The van der Waals surface area contributed by atoms with Crippen molar-refractivity contribution in [3.63, 3.8) is 0 Å². The Kier molecular flexibility index (Phi) is 3.33. The summed E-state index contributed by atoms with van der Waals surface area (Å²) in [5.41, 5.74) is 0. The highest BCUT2D eigenvalue weighted by Gasteiger charge is 2.13. The van der Waals surface area contributed by atoms with Gasteiger partial charge in [0.25, 0.3) is 5.91 Å². The van der Waals surface area contributed by atoms with Gasteiger partial charge in [-0.25, -0.2) is 4.98 Å². The second kappa shape index (κ2) is 4.73. The number of anilines is 1. The van der Waals surface area contributed by atoms with Crippen LogP contribution in [-0.2, 0) is 0 Å². The lowest BCUT2D eigenvalue weighted by molar-refractivity contribution is 0.102. The summed E-state index contributed by atoms with van der Waals surface area (Å²) in [4.78, 5) is 15.5. The van der Waals surface area contributed by atoms with Gasteiger partial charge in [0, 0.05) is 6.20 Å². The smallest absolute Gasteiger partial charge is 0.287 e. The van der Waals surface area contributed by atoms with Crippen LogP contribution in [0.15, 0.2) is 18.3 Å². The molecule has 0 saturated carbocycles. The Hall–Kier alpha value is -1.24. The summed E-state index contributed by atoms with van der Waals surface area (Å²) < 4.78 is 0.206. The fourth-order valence-corrected chi connectivity index (χ4v) is 1.83. The van der Waals surface area contributed by atoms with Crippen molar-refractivity contribution in [2.24, 2.45) is 0 Å². The summed E-state index contributed by atoms with van der Waals surface area (Å²) in [5.74, 6) is -0.162. The minimum atomic E-state index is -0.440. The Morgan fingerprint density at radius 3 is 2.81 bits per heavy atom. The first-order chi connectivity index (χ1) is 7.66. The molecule has 2 aromatic heterocycles. The van der Waals surface area contributed by atoms with Crippen molar-refractivity contribution in [1.29, 1.82) is 0 Å². The maximum atomic E-state index is 11.6. The molecule has 0 fully saturated rings. The van der Waals surface area contributed by atoms with E-state index in [1.807, 2.05) is 0 Å². The van der Waals surface area contributed by atoms with Gasteiger partial charge >= 0.3 is 0 Å². The molecule has 2 rings (SSSR count). The SMILES string of the molecule is O=C(Nc1ncccc1Cl)c1nnc(Cl)s1. The Labute approximate surface area is 104 Å². The number of aromatic nitrogens is 3. The van der Waals surface area contributed by atoms with Crippen molar-refractivity contribution >= 4 is 46.3 Å². The van der Waals surface area contributed by atoms with Crippen LogP contribution in [-0.4, -0.2) is 21.1 Å². The van der Waals surface area contributed by atoms with Crippen molar-refractivity contribution < 1.29 is 4.79 Å². The molecule has 0 radical (unpaired) electrons. The molecule has 0 saturated heterocycles. The lowest BCUT2D eigenvalue weighted by atomic mass is 10.4. The first-order valence-corrected chi connectivity index (χ1v) is 5.65. The van der Waals surface area contributed by atoms with E-state index in [4.69, 9.17) is 23.2 Å². The molecule has 1 N–H and O–H groups in total. The van der Waals surface area contributed by atoms with Gasteiger partial charge in [0.05, 0.1) is 5.02 Å². The minimum absolute atomic E-state index is 0.159. The van der Waals surface area contributed by atoms with Crippen LogP contribution in [0.25, 0.3) is 0 Å². The summed E-state index contributed by atoms with van der Waals surface area (Å²) in [5, 5.41) is 10.1. The van der Waals surface area contributed by atoms with E-state index in [0.717, 1.165) is 11.3 Å². The lowest BCUT2D eigenvalue weighted by Gasteiger charge is -2.02. The number of carbonyl (C=O) groups excluding carboxylic acids is 1. The normalized spacial score (nSPS) is 10.1. The van der Waals surface area contributed by atoms with Gasteiger partial charge in [-0.2, -0.15) is 0 Å². The molecule has 0 aromatic carbocycles. The van der Waals surface area contributed by atoms with Crippen molar-refractivity contribution in [3.8, 4) is 0 Å². The fraction of sp³-hybridized carbons (Fsp3) is 0. The molecule has 1 amide bonds. The van der Waals surface area contributed by atoms with Gasteiger partial charge in [-0.1, -0.05) is 22.9 Å². The third-order valence-corrected chi connectivity index (χ3v) is 2.91. The number of hydrogen-bond acceptors (Lipinski definition) is 5. The number of rotatable bonds is 2. The van der Waals surface area contributed by atoms with Crippen LogP contribution in [0.2, 0.25) is 9.49 Å². The van der Waals surface area contributed by atoms with Gasteiger partial charge < -0.3 is 5.32 Å². The highest BCUT2D eigenvalue weighted by molar-refractivity contribution is 7.17. The molecule has 0 aliphatic rings. The van der Waals surface area contributed by atoms with E-state index < -0.39 is 5.91 Å². The lowest BCUT2D eigenvalue weighted by Crippen LogP contribution is -2.12. The Bertz CT molecular complexity index is 530. The summed E-state index contributed by atoms with van der Waals surface area (Å²) in [7, 11) is 0. The minimum Gasteiger partial charge on any atom is -0.303 e. The maximum absolute atomic E-state index is 11.6. The topological polar surface area (TPSA) is 67.8 Å². The number of nitrogens with one attached hydrogen (secondary N) is 1. The van der Waals surface area contributed by atoms with Crippen LogP contribution in [0, 0.1) is 0 Å². The molecule has 82 valence electrons. The van der Waals surface area contributed by atoms with Crippen molar-refractivity contribution in [2.45, 2.75) is 0 Å². The van der Waals surface area contributed by atoms with Crippen molar-refractivity contribution in [2.75, 3.05) is 5.32 Å². The van der Waals surface area contributed by atoms with Gasteiger partial charge in [0.1, 0.15) is 0 Å². The maximum Gasteiger partial charge on any atom is 0.287 e. The van der Waals surface area contributed by atoms with Crippen molar-refractivity contribution in [1.82, 2.24) is 15.2 Å². The van der Waals surface area contributed by atoms with Crippen LogP contribution in [0.4, 0.5) is 5.82 Å². The van der Waals surface area contributed by atoms with Gasteiger partial charge in [-0.15, -0.1) is 10.2 Å². The Balaban J connectivity index is 2.17. The molecule has 0 aliphatic heterocycles. The summed E-state index contributed by atoms with van der Waals surface area (Å²) in [6.45, 7) is 0. The second-order valence-corrected chi connectivity index (χ2v) is 4.61. The van der Waals surface area contributed by atoms with E-state index in [1.54, 1.807) is 12.1 Å². The number of amides is 1. The third kappa shape index (κ3) is 2.46. The number of nitrogens with zero attached hydrogens (tertiary/aromatic N) is 3. The summed E-state index contributed by atoms with van der Waals surface area (Å²) in [6.07, 6.45) is 1.52. The molecule has 2 aromatic rings. The van der Waals surface area contributed by atoms with Crippen LogP contribution in [0.5, 0.6) is 0 Å². The van der Waals surface area contributed by atoms with Crippen LogP contribution < -0.4 is 5.32 Å². The molecule has 5 nitrogen and oxygen atoms in total. The van der Waals surface area contributed by atoms with Gasteiger partial charge in [-0.05, 0) is 23.7 Å². The van der Waals surface area contributed by atoms with E-state index >= 15 is 0 Å². The largest absolute Gasteiger partial charge is 0.303 e. The van der Waals surface area contributed by atoms with Gasteiger partial charge in [0.15, 0.2) is 5.82 Å². The van der Waals surface area contributed by atoms with E-state index in [0.29, 0.717) is 5.02 Å². The number of carbonyl (C=O) groups is 1. The molecule has 8 heteroatoms. The molecule has 16 heavy (non-hydrogen) atoms. The van der Waals surface area contributed by atoms with E-state index in [9.17, 15) is 4.79 Å². The molecular formula is C8H4Cl2N4OS. The molecular weight excluding hydrogens is 271 g/mol. The number of halogens is 2. The number of hydrogen-bond donors (Lipinski definition) is 1. The zero-order chi connectivity index (χ0) is 11.5. The summed E-state index contributed by atoms with van der Waals surface area (Å²) >= 11 is 12.4. The fourth-order valence-electron chi connectivity index (χ4n) is 0.936. The molecule has 0 bridgehead atoms.